The van der Waals surface area contributed by atoms with Gasteiger partial charge < -0.3 is 4.42 Å². The summed E-state index contributed by atoms with van der Waals surface area (Å²) in [5.41, 5.74) is 2.49. The molecule has 4 rings (SSSR count). The van der Waals surface area contributed by atoms with Crippen LogP contribution >= 0.6 is 0 Å². The maximum atomic E-state index is 12.4. The van der Waals surface area contributed by atoms with E-state index in [0.717, 1.165) is 31.2 Å². The summed E-state index contributed by atoms with van der Waals surface area (Å²) in [7, 11) is -2.99. The second-order valence-corrected chi connectivity index (χ2v) is 9.80. The van der Waals surface area contributed by atoms with Crippen molar-refractivity contribution >= 4 is 9.84 Å². The quantitative estimate of drug-likeness (QED) is 0.822. The van der Waals surface area contributed by atoms with Crippen LogP contribution in [0.25, 0.3) is 0 Å². The van der Waals surface area contributed by atoms with Gasteiger partial charge in [0.2, 0.25) is 0 Å². The second kappa shape index (κ2) is 6.83. The number of benzene rings is 1. The van der Waals surface area contributed by atoms with E-state index in [2.05, 4.69) is 41.0 Å². The molecule has 0 amide bonds. The molecule has 0 spiro atoms. The molecule has 2 aliphatic rings. The van der Waals surface area contributed by atoms with E-state index in [4.69, 9.17) is 4.42 Å². The van der Waals surface area contributed by atoms with E-state index in [1.54, 1.807) is 0 Å². The van der Waals surface area contributed by atoms with E-state index in [-0.39, 0.29) is 23.6 Å². The first-order valence-corrected chi connectivity index (χ1v) is 11.0. The Bertz CT molecular complexity index is 873. The van der Waals surface area contributed by atoms with E-state index < -0.39 is 9.84 Å². The maximum Gasteiger partial charge on any atom is 0.153 e. The molecular weight excluding hydrogens is 348 g/mol. The first-order chi connectivity index (χ1) is 12.4. The molecule has 6 heteroatoms. The smallest absolute Gasteiger partial charge is 0.153 e. The van der Waals surface area contributed by atoms with Crippen molar-refractivity contribution in [1.82, 2.24) is 9.80 Å². The van der Waals surface area contributed by atoms with Gasteiger partial charge in [-0.15, -0.1) is 0 Å². The van der Waals surface area contributed by atoms with Crippen LogP contribution in [0.2, 0.25) is 0 Å². The summed E-state index contributed by atoms with van der Waals surface area (Å²) in [6.45, 7) is 7.25. The van der Waals surface area contributed by atoms with E-state index in [1.165, 1.54) is 11.1 Å². The molecule has 2 saturated heterocycles. The van der Waals surface area contributed by atoms with Crippen LogP contribution in [0.1, 0.15) is 22.6 Å². The third-order valence-electron chi connectivity index (χ3n) is 5.57. The monoisotopic (exact) mass is 374 g/mol. The van der Waals surface area contributed by atoms with Crippen molar-refractivity contribution in [2.45, 2.75) is 39.0 Å². The number of piperazine rings is 1. The number of fused-ring (bicyclic) bond motifs is 1. The van der Waals surface area contributed by atoms with Gasteiger partial charge in [-0.25, -0.2) is 8.42 Å². The van der Waals surface area contributed by atoms with Crippen LogP contribution in [-0.2, 0) is 22.9 Å². The Labute approximate surface area is 155 Å². The number of hydrogen-bond acceptors (Lipinski definition) is 5. The van der Waals surface area contributed by atoms with E-state index in [1.807, 2.05) is 19.1 Å². The molecule has 0 saturated carbocycles. The molecule has 1 aromatic carbocycles. The first-order valence-electron chi connectivity index (χ1n) is 9.19. The lowest BCUT2D eigenvalue weighted by Gasteiger charge is -2.43. The SMILES string of the molecule is Cc1ccc(CN2CCN(Cc3ccc(C)o3)[C@@H]3CS(=O)(=O)C[C@@H]32)cc1. The minimum atomic E-state index is -2.99. The molecule has 0 unspecified atom stereocenters. The number of hydrogen-bond donors (Lipinski definition) is 0. The van der Waals surface area contributed by atoms with Gasteiger partial charge in [0.15, 0.2) is 9.84 Å². The van der Waals surface area contributed by atoms with Gasteiger partial charge in [-0.2, -0.15) is 0 Å². The fourth-order valence-corrected chi connectivity index (χ4v) is 6.23. The van der Waals surface area contributed by atoms with Crippen LogP contribution in [0.4, 0.5) is 0 Å². The van der Waals surface area contributed by atoms with Gasteiger partial charge in [-0.05, 0) is 31.5 Å². The zero-order valence-electron chi connectivity index (χ0n) is 15.4. The van der Waals surface area contributed by atoms with Crippen molar-refractivity contribution in [3.8, 4) is 0 Å². The molecule has 2 atom stereocenters. The second-order valence-electron chi connectivity index (χ2n) is 7.65. The molecular formula is C20H26N2O3S. The molecule has 2 aliphatic heterocycles. The Morgan fingerprint density at radius 2 is 1.54 bits per heavy atom. The fraction of sp³-hybridized carbons (Fsp3) is 0.500. The Morgan fingerprint density at radius 3 is 2.12 bits per heavy atom. The summed E-state index contributed by atoms with van der Waals surface area (Å²) in [6.07, 6.45) is 0. The van der Waals surface area contributed by atoms with Gasteiger partial charge in [-0.3, -0.25) is 9.80 Å². The lowest BCUT2D eigenvalue weighted by atomic mass is 10.0. The molecule has 0 radical (unpaired) electrons. The van der Waals surface area contributed by atoms with Gasteiger partial charge in [0.1, 0.15) is 11.5 Å². The van der Waals surface area contributed by atoms with E-state index >= 15 is 0 Å². The van der Waals surface area contributed by atoms with Gasteiger partial charge in [0, 0.05) is 31.7 Å². The van der Waals surface area contributed by atoms with Gasteiger partial charge in [-0.1, -0.05) is 29.8 Å². The molecule has 0 bridgehead atoms. The number of nitrogens with zero attached hydrogens (tertiary/aromatic N) is 2. The molecule has 140 valence electrons. The Morgan fingerprint density at radius 1 is 0.923 bits per heavy atom. The minimum absolute atomic E-state index is 0.0459. The van der Waals surface area contributed by atoms with Crippen molar-refractivity contribution < 1.29 is 12.8 Å². The Kier molecular flexibility index (Phi) is 4.67. The average molecular weight is 375 g/mol. The van der Waals surface area contributed by atoms with E-state index in [9.17, 15) is 8.42 Å². The number of aryl methyl sites for hydroxylation is 2. The predicted octanol–water partition coefficient (Wildman–Crippen LogP) is 2.38. The Hall–Kier alpha value is -1.63. The molecule has 0 aliphatic carbocycles. The standard InChI is InChI=1S/C20H26N2O3S/c1-15-3-6-17(7-4-15)11-21-9-10-22(12-18-8-5-16(2)25-18)20-14-26(23,24)13-19(20)21/h3-8,19-20H,9-14H2,1-2H3/t19-,20+/m0/s1. The van der Waals surface area contributed by atoms with Gasteiger partial charge in [0.05, 0.1) is 18.1 Å². The highest BCUT2D eigenvalue weighted by Crippen LogP contribution is 2.29. The summed E-state index contributed by atoms with van der Waals surface area (Å²) >= 11 is 0. The summed E-state index contributed by atoms with van der Waals surface area (Å²) in [5, 5.41) is 0. The Balaban J connectivity index is 1.52. The zero-order valence-corrected chi connectivity index (χ0v) is 16.2. The summed E-state index contributed by atoms with van der Waals surface area (Å²) in [5.74, 6) is 2.32. The number of furan rings is 1. The van der Waals surface area contributed by atoms with Crippen LogP contribution in [-0.4, -0.2) is 54.9 Å². The molecule has 2 aromatic rings. The summed E-state index contributed by atoms with van der Waals surface area (Å²) in [4.78, 5) is 4.64. The molecule has 5 nitrogen and oxygen atoms in total. The lowest BCUT2D eigenvalue weighted by molar-refractivity contribution is 0.0316. The zero-order chi connectivity index (χ0) is 18.3. The topological polar surface area (TPSA) is 53.8 Å². The average Bonchev–Trinajstić information content (AvgIpc) is 3.14. The molecule has 26 heavy (non-hydrogen) atoms. The van der Waals surface area contributed by atoms with Gasteiger partial charge >= 0.3 is 0 Å². The minimum Gasteiger partial charge on any atom is -0.465 e. The molecule has 1 aromatic heterocycles. The highest BCUT2D eigenvalue weighted by Gasteiger charge is 2.46. The van der Waals surface area contributed by atoms with Crippen LogP contribution < -0.4 is 0 Å². The van der Waals surface area contributed by atoms with Crippen molar-refractivity contribution in [2.75, 3.05) is 24.6 Å². The predicted molar refractivity (Wildman–Crippen MR) is 102 cm³/mol. The van der Waals surface area contributed by atoms with Crippen molar-refractivity contribution in [3.63, 3.8) is 0 Å². The number of sulfone groups is 1. The van der Waals surface area contributed by atoms with Gasteiger partial charge in [0.25, 0.3) is 0 Å². The normalized spacial score (nSPS) is 26.1. The highest BCUT2D eigenvalue weighted by atomic mass is 32.2. The molecule has 2 fully saturated rings. The van der Waals surface area contributed by atoms with Crippen LogP contribution in [0.3, 0.4) is 0 Å². The molecule has 0 N–H and O–H groups in total. The lowest BCUT2D eigenvalue weighted by Crippen LogP contribution is -2.58. The van der Waals surface area contributed by atoms with Crippen LogP contribution in [0, 0.1) is 13.8 Å². The third kappa shape index (κ3) is 3.72. The van der Waals surface area contributed by atoms with Crippen LogP contribution in [0.5, 0.6) is 0 Å². The fourth-order valence-electron chi connectivity index (χ4n) is 4.19. The summed E-state index contributed by atoms with van der Waals surface area (Å²) in [6, 6.07) is 12.6. The first kappa shape index (κ1) is 17.8. The highest BCUT2D eigenvalue weighted by molar-refractivity contribution is 7.91. The third-order valence-corrected chi connectivity index (χ3v) is 7.27. The molecule has 3 heterocycles. The van der Waals surface area contributed by atoms with Crippen molar-refractivity contribution in [1.29, 1.82) is 0 Å². The van der Waals surface area contributed by atoms with E-state index in [0.29, 0.717) is 6.54 Å². The largest absolute Gasteiger partial charge is 0.465 e. The number of rotatable bonds is 4. The van der Waals surface area contributed by atoms with Crippen LogP contribution in [0.15, 0.2) is 40.8 Å². The maximum absolute atomic E-state index is 12.4. The van der Waals surface area contributed by atoms with Crippen molar-refractivity contribution in [3.05, 3.63) is 59.0 Å². The van der Waals surface area contributed by atoms with Crippen molar-refractivity contribution in [2.24, 2.45) is 0 Å². The summed E-state index contributed by atoms with van der Waals surface area (Å²) < 4.78 is 30.4.